The van der Waals surface area contributed by atoms with Crippen molar-refractivity contribution >= 4 is 27.6 Å². The van der Waals surface area contributed by atoms with Gasteiger partial charge in [0.2, 0.25) is 0 Å². The van der Waals surface area contributed by atoms with Crippen molar-refractivity contribution in [3.63, 3.8) is 0 Å². The van der Waals surface area contributed by atoms with Crippen LogP contribution in [0.15, 0.2) is 76.2 Å². The van der Waals surface area contributed by atoms with E-state index < -0.39 is 28.5 Å². The first-order valence-corrected chi connectivity index (χ1v) is 11.5. The first kappa shape index (κ1) is 21.6. The van der Waals surface area contributed by atoms with Crippen molar-refractivity contribution in [1.29, 1.82) is 0 Å². The van der Waals surface area contributed by atoms with Gasteiger partial charge < -0.3 is 14.5 Å². The van der Waals surface area contributed by atoms with Crippen LogP contribution in [0.1, 0.15) is 28.6 Å². The monoisotopic (exact) mass is 454 g/mol. The van der Waals surface area contributed by atoms with Crippen LogP contribution < -0.4 is 9.62 Å². The van der Waals surface area contributed by atoms with Crippen LogP contribution in [0, 0.1) is 0 Å². The van der Waals surface area contributed by atoms with Crippen molar-refractivity contribution in [3.05, 3.63) is 83.8 Å². The van der Waals surface area contributed by atoms with Crippen LogP contribution in [-0.2, 0) is 32.5 Å². The number of benzene rings is 2. The summed E-state index contributed by atoms with van der Waals surface area (Å²) < 4.78 is 38.2. The average molecular weight is 455 g/mol. The highest BCUT2D eigenvalue weighted by Crippen LogP contribution is 2.36. The van der Waals surface area contributed by atoms with Crippen molar-refractivity contribution in [3.8, 4) is 0 Å². The molecule has 0 bridgehead atoms. The number of sulfonamides is 1. The maximum Gasteiger partial charge on any atom is 0.338 e. The number of amides is 1. The SMILES string of the molecule is CC1Cc2ccccc2N1S(=O)(=O)c1cccc(C(=O)OCC(=O)NCc2ccco2)c1. The molecule has 1 N–H and O–H groups in total. The smallest absolute Gasteiger partial charge is 0.338 e. The summed E-state index contributed by atoms with van der Waals surface area (Å²) in [7, 11) is -3.89. The van der Waals surface area contributed by atoms with E-state index in [9.17, 15) is 18.0 Å². The molecule has 1 atom stereocenters. The zero-order valence-electron chi connectivity index (χ0n) is 17.4. The molecule has 166 valence electrons. The van der Waals surface area contributed by atoms with Gasteiger partial charge in [-0.15, -0.1) is 0 Å². The number of hydrogen-bond donors (Lipinski definition) is 1. The van der Waals surface area contributed by atoms with Gasteiger partial charge in [0.05, 0.1) is 29.0 Å². The number of furan rings is 1. The van der Waals surface area contributed by atoms with Crippen LogP contribution >= 0.6 is 0 Å². The number of nitrogens with one attached hydrogen (secondary N) is 1. The predicted octanol–water partition coefficient (Wildman–Crippen LogP) is 2.89. The van der Waals surface area contributed by atoms with Crippen LogP contribution in [0.3, 0.4) is 0 Å². The van der Waals surface area contributed by atoms with Gasteiger partial charge in [0, 0.05) is 6.04 Å². The topological polar surface area (TPSA) is 106 Å². The quantitative estimate of drug-likeness (QED) is 0.551. The number of nitrogens with zero attached hydrogens (tertiary/aromatic N) is 1. The highest BCUT2D eigenvalue weighted by molar-refractivity contribution is 7.92. The molecule has 0 spiro atoms. The largest absolute Gasteiger partial charge is 0.467 e. The van der Waals surface area contributed by atoms with Crippen molar-refractivity contribution in [2.75, 3.05) is 10.9 Å². The van der Waals surface area contributed by atoms with Gasteiger partial charge in [0.15, 0.2) is 6.61 Å². The minimum absolute atomic E-state index is 0.0160. The molecule has 1 amide bonds. The van der Waals surface area contributed by atoms with E-state index in [1.165, 1.54) is 34.8 Å². The number of ether oxygens (including phenoxy) is 1. The number of fused-ring (bicyclic) bond motifs is 1. The number of rotatable bonds is 7. The van der Waals surface area contributed by atoms with Gasteiger partial charge in [-0.25, -0.2) is 13.2 Å². The summed E-state index contributed by atoms with van der Waals surface area (Å²) in [5.41, 5.74) is 1.64. The third kappa shape index (κ3) is 4.38. The number of anilines is 1. The van der Waals surface area contributed by atoms with Gasteiger partial charge in [-0.2, -0.15) is 0 Å². The van der Waals surface area contributed by atoms with Gasteiger partial charge >= 0.3 is 5.97 Å². The Morgan fingerprint density at radius 3 is 2.72 bits per heavy atom. The molecular weight excluding hydrogens is 432 g/mol. The molecule has 1 aliphatic rings. The van der Waals surface area contributed by atoms with Crippen LogP contribution in [0.25, 0.3) is 0 Å². The standard InChI is InChI=1S/C23H22N2O6S/c1-16-12-17-6-2-3-10-21(17)25(16)32(28,29)20-9-4-7-18(13-20)23(27)31-15-22(26)24-14-19-8-5-11-30-19/h2-11,13,16H,12,14-15H2,1H3,(H,24,26). The summed E-state index contributed by atoms with van der Waals surface area (Å²) in [6.45, 7) is 1.52. The third-order valence-electron chi connectivity index (χ3n) is 5.15. The molecule has 32 heavy (non-hydrogen) atoms. The van der Waals surface area contributed by atoms with Crippen molar-refractivity contribution in [2.24, 2.45) is 0 Å². The first-order chi connectivity index (χ1) is 15.4. The van der Waals surface area contributed by atoms with E-state index in [2.05, 4.69) is 5.32 Å². The molecule has 9 heteroatoms. The molecule has 0 saturated carbocycles. The molecule has 0 aliphatic carbocycles. The van der Waals surface area contributed by atoms with Crippen molar-refractivity contribution in [2.45, 2.75) is 30.8 Å². The molecule has 0 fully saturated rings. The molecule has 2 heterocycles. The molecule has 3 aromatic rings. The van der Waals surface area contributed by atoms with Crippen LogP contribution in [0.5, 0.6) is 0 Å². The minimum Gasteiger partial charge on any atom is -0.467 e. The predicted molar refractivity (Wildman–Crippen MR) is 117 cm³/mol. The first-order valence-electron chi connectivity index (χ1n) is 10.0. The van der Waals surface area contributed by atoms with E-state index in [0.29, 0.717) is 17.9 Å². The number of carbonyl (C=O) groups excluding carboxylic acids is 2. The Hall–Kier alpha value is -3.59. The average Bonchev–Trinajstić information content (AvgIpc) is 3.43. The number of esters is 1. The van der Waals surface area contributed by atoms with E-state index in [-0.39, 0.29) is 23.0 Å². The van der Waals surface area contributed by atoms with Crippen LogP contribution in [-0.4, -0.2) is 32.9 Å². The lowest BCUT2D eigenvalue weighted by Gasteiger charge is -2.24. The lowest BCUT2D eigenvalue weighted by atomic mass is 10.1. The van der Waals surface area contributed by atoms with E-state index in [1.807, 2.05) is 19.1 Å². The van der Waals surface area contributed by atoms with Crippen molar-refractivity contribution in [1.82, 2.24) is 5.32 Å². The normalized spacial score (nSPS) is 15.3. The summed E-state index contributed by atoms with van der Waals surface area (Å²) in [5, 5.41) is 2.57. The summed E-state index contributed by atoms with van der Waals surface area (Å²) >= 11 is 0. The zero-order valence-corrected chi connectivity index (χ0v) is 18.2. The highest BCUT2D eigenvalue weighted by Gasteiger charge is 2.36. The van der Waals surface area contributed by atoms with Gasteiger partial charge in [-0.3, -0.25) is 9.10 Å². The second-order valence-electron chi connectivity index (χ2n) is 7.44. The fraction of sp³-hybridized carbons (Fsp3) is 0.217. The number of para-hydroxylation sites is 1. The molecule has 1 aromatic heterocycles. The molecule has 4 rings (SSSR count). The Morgan fingerprint density at radius 2 is 1.94 bits per heavy atom. The van der Waals surface area contributed by atoms with Gasteiger partial charge in [-0.05, 0) is 55.3 Å². The lowest BCUT2D eigenvalue weighted by molar-refractivity contribution is -0.124. The molecule has 1 unspecified atom stereocenters. The highest BCUT2D eigenvalue weighted by atomic mass is 32.2. The Morgan fingerprint density at radius 1 is 1.12 bits per heavy atom. The summed E-state index contributed by atoms with van der Waals surface area (Å²) in [6.07, 6.45) is 2.11. The summed E-state index contributed by atoms with van der Waals surface area (Å²) in [5.74, 6) is -0.716. The second kappa shape index (κ2) is 8.88. The van der Waals surface area contributed by atoms with Crippen LogP contribution in [0.2, 0.25) is 0 Å². The van der Waals surface area contributed by atoms with E-state index in [1.54, 1.807) is 24.3 Å². The Labute approximate surface area is 185 Å². The fourth-order valence-corrected chi connectivity index (χ4v) is 5.40. The van der Waals surface area contributed by atoms with E-state index >= 15 is 0 Å². The second-order valence-corrected chi connectivity index (χ2v) is 9.26. The zero-order chi connectivity index (χ0) is 22.7. The molecule has 8 nitrogen and oxygen atoms in total. The lowest BCUT2D eigenvalue weighted by Crippen LogP contribution is -2.35. The van der Waals surface area contributed by atoms with Gasteiger partial charge in [0.1, 0.15) is 5.76 Å². The van der Waals surface area contributed by atoms with Gasteiger partial charge in [0.25, 0.3) is 15.9 Å². The Balaban J connectivity index is 1.45. The van der Waals surface area contributed by atoms with Gasteiger partial charge in [-0.1, -0.05) is 24.3 Å². The maximum atomic E-state index is 13.3. The van der Waals surface area contributed by atoms with Crippen molar-refractivity contribution < 1.29 is 27.2 Å². The maximum absolute atomic E-state index is 13.3. The number of carbonyl (C=O) groups is 2. The molecule has 1 aliphatic heterocycles. The summed E-state index contributed by atoms with van der Waals surface area (Å²) in [4.78, 5) is 24.3. The molecule has 0 saturated heterocycles. The molecule has 2 aromatic carbocycles. The minimum atomic E-state index is -3.89. The number of hydrogen-bond acceptors (Lipinski definition) is 6. The third-order valence-corrected chi connectivity index (χ3v) is 7.07. The van der Waals surface area contributed by atoms with Crippen LogP contribution in [0.4, 0.5) is 5.69 Å². The van der Waals surface area contributed by atoms with E-state index in [0.717, 1.165) is 5.56 Å². The fourth-order valence-electron chi connectivity index (χ4n) is 3.66. The molecule has 0 radical (unpaired) electrons. The summed E-state index contributed by atoms with van der Waals surface area (Å²) in [6, 6.07) is 16.2. The molecular formula is C23H22N2O6S. The van der Waals surface area contributed by atoms with E-state index in [4.69, 9.17) is 9.15 Å². The Bertz CT molecular complexity index is 1240. The Kier molecular flexibility index (Phi) is 6.00.